The van der Waals surface area contributed by atoms with E-state index >= 15 is 0 Å². The molecule has 3 heterocycles. The summed E-state index contributed by atoms with van der Waals surface area (Å²) in [6.45, 7) is 6.89. The van der Waals surface area contributed by atoms with E-state index in [4.69, 9.17) is 9.72 Å². The molecule has 1 aliphatic heterocycles. The highest BCUT2D eigenvalue weighted by Crippen LogP contribution is 2.30. The number of fused-ring (bicyclic) bond motifs is 1. The molecule has 0 unspecified atom stereocenters. The SMILES string of the molecule is COc1cccc(CCC(=O)N2CC[C@H](c3nc4ccncc4n3CC(C)C)C2)c1. The Morgan fingerprint density at radius 2 is 2.17 bits per heavy atom. The molecule has 158 valence electrons. The van der Waals surface area contributed by atoms with Crippen molar-refractivity contribution in [1.29, 1.82) is 0 Å². The molecular formula is C24H30N4O2. The highest BCUT2D eigenvalue weighted by molar-refractivity contribution is 5.77. The van der Waals surface area contributed by atoms with Crippen molar-refractivity contribution < 1.29 is 9.53 Å². The van der Waals surface area contributed by atoms with Crippen LogP contribution in [0.4, 0.5) is 0 Å². The third-order valence-corrected chi connectivity index (χ3v) is 5.80. The molecule has 1 saturated heterocycles. The number of hydrogen-bond acceptors (Lipinski definition) is 4. The van der Waals surface area contributed by atoms with Crippen LogP contribution in [-0.2, 0) is 17.8 Å². The van der Waals surface area contributed by atoms with Gasteiger partial charge in [0.2, 0.25) is 5.91 Å². The lowest BCUT2D eigenvalue weighted by Gasteiger charge is -2.18. The minimum absolute atomic E-state index is 0.216. The number of likely N-dealkylation sites (tertiary alicyclic amines) is 1. The molecular weight excluding hydrogens is 376 g/mol. The van der Waals surface area contributed by atoms with Crippen LogP contribution in [0.5, 0.6) is 5.75 Å². The molecule has 1 amide bonds. The quantitative estimate of drug-likeness (QED) is 0.594. The Balaban J connectivity index is 1.44. The smallest absolute Gasteiger partial charge is 0.222 e. The molecule has 0 saturated carbocycles. The topological polar surface area (TPSA) is 60.2 Å². The lowest BCUT2D eigenvalue weighted by atomic mass is 10.1. The van der Waals surface area contributed by atoms with E-state index in [9.17, 15) is 4.79 Å². The van der Waals surface area contributed by atoms with Gasteiger partial charge in [0.1, 0.15) is 11.6 Å². The Kier molecular flexibility index (Phi) is 6.02. The third kappa shape index (κ3) is 4.32. The van der Waals surface area contributed by atoms with E-state index in [0.29, 0.717) is 12.3 Å². The number of pyridine rings is 1. The largest absolute Gasteiger partial charge is 0.497 e. The molecule has 0 bridgehead atoms. The van der Waals surface area contributed by atoms with Crippen LogP contribution in [0.25, 0.3) is 11.0 Å². The third-order valence-electron chi connectivity index (χ3n) is 5.80. The van der Waals surface area contributed by atoms with Gasteiger partial charge in [0.25, 0.3) is 0 Å². The van der Waals surface area contributed by atoms with Gasteiger partial charge in [0, 0.05) is 38.2 Å². The standard InChI is InChI=1S/C24H30N4O2/c1-17(2)15-28-22-14-25-11-9-21(22)26-24(28)19-10-12-27(16-19)23(29)8-7-18-5-4-6-20(13-18)30-3/h4-6,9,11,13-14,17,19H,7-8,10,12,15-16H2,1-3H3/t19-/m0/s1. The van der Waals surface area contributed by atoms with Crippen LogP contribution in [0.15, 0.2) is 42.7 Å². The molecule has 2 aromatic heterocycles. The van der Waals surface area contributed by atoms with Crippen LogP contribution < -0.4 is 4.74 Å². The second kappa shape index (κ2) is 8.86. The van der Waals surface area contributed by atoms with Gasteiger partial charge in [-0.1, -0.05) is 26.0 Å². The van der Waals surface area contributed by atoms with Crippen LogP contribution in [0.2, 0.25) is 0 Å². The fraction of sp³-hybridized carbons (Fsp3) is 0.458. The number of nitrogens with zero attached hydrogens (tertiary/aromatic N) is 4. The average Bonchev–Trinajstić information content (AvgIpc) is 3.37. The second-order valence-electron chi connectivity index (χ2n) is 8.52. The first kappa shape index (κ1) is 20.4. The molecule has 6 heteroatoms. The number of rotatable bonds is 7. The molecule has 1 atom stereocenters. The summed E-state index contributed by atoms with van der Waals surface area (Å²) < 4.78 is 7.59. The molecule has 30 heavy (non-hydrogen) atoms. The van der Waals surface area contributed by atoms with E-state index in [1.165, 1.54) is 0 Å². The number of aromatic nitrogens is 3. The van der Waals surface area contributed by atoms with Crippen molar-refractivity contribution in [2.75, 3.05) is 20.2 Å². The van der Waals surface area contributed by atoms with Gasteiger partial charge in [-0.2, -0.15) is 0 Å². The predicted molar refractivity (Wildman–Crippen MR) is 118 cm³/mol. The van der Waals surface area contributed by atoms with Crippen molar-refractivity contribution in [3.05, 3.63) is 54.1 Å². The Hall–Kier alpha value is -2.89. The van der Waals surface area contributed by atoms with Crippen molar-refractivity contribution in [3.63, 3.8) is 0 Å². The summed E-state index contributed by atoms with van der Waals surface area (Å²) in [4.78, 5) is 24.1. The fourth-order valence-corrected chi connectivity index (χ4v) is 4.29. The van der Waals surface area contributed by atoms with E-state index in [1.807, 2.05) is 41.4 Å². The second-order valence-corrected chi connectivity index (χ2v) is 8.52. The summed E-state index contributed by atoms with van der Waals surface area (Å²) in [5.41, 5.74) is 3.21. The van der Waals surface area contributed by atoms with Crippen LogP contribution in [-0.4, -0.2) is 45.5 Å². The van der Waals surface area contributed by atoms with E-state index in [-0.39, 0.29) is 11.8 Å². The molecule has 3 aromatic rings. The highest BCUT2D eigenvalue weighted by Gasteiger charge is 2.31. The number of hydrogen-bond donors (Lipinski definition) is 0. The zero-order chi connectivity index (χ0) is 21.1. The van der Waals surface area contributed by atoms with Gasteiger partial charge in [-0.25, -0.2) is 4.98 Å². The molecule has 1 aromatic carbocycles. The van der Waals surface area contributed by atoms with Gasteiger partial charge in [-0.3, -0.25) is 9.78 Å². The lowest BCUT2D eigenvalue weighted by Crippen LogP contribution is -2.29. The van der Waals surface area contributed by atoms with Crippen LogP contribution in [0.1, 0.15) is 44.0 Å². The molecule has 0 spiro atoms. The number of benzene rings is 1. The lowest BCUT2D eigenvalue weighted by molar-refractivity contribution is -0.130. The Morgan fingerprint density at radius 3 is 2.97 bits per heavy atom. The zero-order valence-corrected chi connectivity index (χ0v) is 18.0. The van der Waals surface area contributed by atoms with Crippen molar-refractivity contribution in [2.24, 2.45) is 5.92 Å². The van der Waals surface area contributed by atoms with Gasteiger partial charge >= 0.3 is 0 Å². The number of methoxy groups -OCH3 is 1. The Morgan fingerprint density at radius 1 is 1.30 bits per heavy atom. The summed E-state index contributed by atoms with van der Waals surface area (Å²) in [5.74, 6) is 2.93. The summed E-state index contributed by atoms with van der Waals surface area (Å²) in [6, 6.07) is 9.92. The zero-order valence-electron chi connectivity index (χ0n) is 18.0. The van der Waals surface area contributed by atoms with Crippen LogP contribution >= 0.6 is 0 Å². The Bertz CT molecular complexity index is 1030. The van der Waals surface area contributed by atoms with Gasteiger partial charge in [-0.15, -0.1) is 0 Å². The predicted octanol–water partition coefficient (Wildman–Crippen LogP) is 4.04. The summed E-state index contributed by atoms with van der Waals surface area (Å²) in [6.07, 6.45) is 5.91. The molecule has 1 fully saturated rings. The number of ether oxygens (including phenoxy) is 1. The number of carbonyl (C=O) groups excluding carboxylic acids is 1. The summed E-state index contributed by atoms with van der Waals surface area (Å²) in [5, 5.41) is 0. The minimum atomic E-state index is 0.216. The van der Waals surface area contributed by atoms with E-state index in [1.54, 1.807) is 13.3 Å². The van der Waals surface area contributed by atoms with Crippen molar-refractivity contribution in [2.45, 2.75) is 45.6 Å². The first-order valence-corrected chi connectivity index (χ1v) is 10.8. The van der Waals surface area contributed by atoms with E-state index < -0.39 is 0 Å². The average molecular weight is 407 g/mol. The summed E-state index contributed by atoms with van der Waals surface area (Å²) >= 11 is 0. The normalized spacial score (nSPS) is 16.5. The van der Waals surface area contributed by atoms with Gasteiger partial charge < -0.3 is 14.2 Å². The first-order chi connectivity index (χ1) is 14.5. The monoisotopic (exact) mass is 406 g/mol. The number of carbonyl (C=O) groups is 1. The Labute approximate surface area is 177 Å². The fourth-order valence-electron chi connectivity index (χ4n) is 4.29. The molecule has 0 aliphatic carbocycles. The van der Waals surface area contributed by atoms with E-state index in [0.717, 1.165) is 60.6 Å². The molecule has 1 aliphatic rings. The molecule has 4 rings (SSSR count). The molecule has 6 nitrogen and oxygen atoms in total. The highest BCUT2D eigenvalue weighted by atomic mass is 16.5. The number of aryl methyl sites for hydroxylation is 1. The maximum absolute atomic E-state index is 12.8. The number of amides is 1. The van der Waals surface area contributed by atoms with Gasteiger partial charge in [-0.05, 0) is 42.5 Å². The van der Waals surface area contributed by atoms with E-state index in [2.05, 4.69) is 23.4 Å². The van der Waals surface area contributed by atoms with Gasteiger partial charge in [0.15, 0.2) is 0 Å². The van der Waals surface area contributed by atoms with Gasteiger partial charge in [0.05, 0.1) is 24.3 Å². The summed E-state index contributed by atoms with van der Waals surface area (Å²) in [7, 11) is 1.66. The molecule has 0 N–H and O–H groups in total. The van der Waals surface area contributed by atoms with Crippen LogP contribution in [0.3, 0.4) is 0 Å². The van der Waals surface area contributed by atoms with Crippen molar-refractivity contribution in [1.82, 2.24) is 19.4 Å². The maximum Gasteiger partial charge on any atom is 0.222 e. The number of imidazole rings is 1. The minimum Gasteiger partial charge on any atom is -0.497 e. The maximum atomic E-state index is 12.8. The van der Waals surface area contributed by atoms with Crippen molar-refractivity contribution >= 4 is 16.9 Å². The molecule has 0 radical (unpaired) electrons. The van der Waals surface area contributed by atoms with Crippen molar-refractivity contribution in [3.8, 4) is 5.75 Å². The first-order valence-electron chi connectivity index (χ1n) is 10.8. The van der Waals surface area contributed by atoms with Crippen LogP contribution in [0, 0.1) is 5.92 Å².